The van der Waals surface area contributed by atoms with Crippen molar-refractivity contribution < 1.29 is 9.47 Å². The molecule has 6 heteroatoms. The maximum absolute atomic E-state index is 5.92. The van der Waals surface area contributed by atoms with E-state index >= 15 is 0 Å². The summed E-state index contributed by atoms with van der Waals surface area (Å²) in [6, 6.07) is 3.63. The Morgan fingerprint density at radius 3 is 2.65 bits per heavy atom. The van der Waals surface area contributed by atoms with Crippen LogP contribution in [0.4, 0.5) is 11.4 Å². The van der Waals surface area contributed by atoms with Gasteiger partial charge in [0.05, 0.1) is 38.3 Å². The number of nitrogens with zero attached hydrogens (tertiary/aromatic N) is 3. The standard InChI is InChI=1S/C14H18N4O2/c1-18(12-4-6-16-8-10(12)15)9-11-14(20-3)13(19-2)5-7-17-11/h4-8H,9,15H2,1-3H3. The molecule has 0 fully saturated rings. The summed E-state index contributed by atoms with van der Waals surface area (Å²) in [4.78, 5) is 10.3. The molecule has 0 atom stereocenters. The van der Waals surface area contributed by atoms with Gasteiger partial charge in [-0.25, -0.2) is 0 Å². The number of nitrogens with two attached hydrogens (primary N) is 1. The smallest absolute Gasteiger partial charge is 0.184 e. The van der Waals surface area contributed by atoms with Gasteiger partial charge in [-0.1, -0.05) is 0 Å². The number of hydrogen-bond acceptors (Lipinski definition) is 6. The summed E-state index contributed by atoms with van der Waals surface area (Å²) in [5.41, 5.74) is 8.22. The number of pyridine rings is 2. The molecule has 0 spiro atoms. The molecule has 2 heterocycles. The van der Waals surface area contributed by atoms with Crippen LogP contribution in [0.25, 0.3) is 0 Å². The highest BCUT2D eigenvalue weighted by Crippen LogP contribution is 2.31. The molecule has 2 rings (SSSR count). The number of rotatable bonds is 5. The normalized spacial score (nSPS) is 10.2. The largest absolute Gasteiger partial charge is 0.493 e. The van der Waals surface area contributed by atoms with E-state index in [4.69, 9.17) is 15.2 Å². The molecule has 6 nitrogen and oxygen atoms in total. The Labute approximate surface area is 118 Å². The predicted molar refractivity (Wildman–Crippen MR) is 78.1 cm³/mol. The summed E-state index contributed by atoms with van der Waals surface area (Å²) >= 11 is 0. The van der Waals surface area contributed by atoms with Crippen molar-refractivity contribution in [2.45, 2.75) is 6.54 Å². The van der Waals surface area contributed by atoms with Gasteiger partial charge in [-0.05, 0) is 6.07 Å². The van der Waals surface area contributed by atoms with Gasteiger partial charge in [0, 0.05) is 25.5 Å². The molecule has 2 N–H and O–H groups in total. The van der Waals surface area contributed by atoms with Crippen LogP contribution in [-0.2, 0) is 6.54 Å². The van der Waals surface area contributed by atoms with Gasteiger partial charge in [-0.2, -0.15) is 0 Å². The lowest BCUT2D eigenvalue weighted by atomic mass is 10.2. The van der Waals surface area contributed by atoms with Gasteiger partial charge in [0.1, 0.15) is 5.69 Å². The minimum atomic E-state index is 0.550. The minimum absolute atomic E-state index is 0.550. The predicted octanol–water partition coefficient (Wildman–Crippen LogP) is 1.71. The van der Waals surface area contributed by atoms with E-state index in [0.29, 0.717) is 23.7 Å². The molecule has 0 saturated carbocycles. The second-order valence-electron chi connectivity index (χ2n) is 4.28. The first kappa shape index (κ1) is 13.9. The first-order chi connectivity index (χ1) is 9.67. The lowest BCUT2D eigenvalue weighted by molar-refractivity contribution is 0.349. The van der Waals surface area contributed by atoms with E-state index in [1.165, 1.54) is 0 Å². The second-order valence-corrected chi connectivity index (χ2v) is 4.28. The van der Waals surface area contributed by atoms with Gasteiger partial charge >= 0.3 is 0 Å². The van der Waals surface area contributed by atoms with Crippen molar-refractivity contribution in [3.05, 3.63) is 36.4 Å². The summed E-state index contributed by atoms with van der Waals surface area (Å²) in [5.74, 6) is 1.29. The van der Waals surface area contributed by atoms with Gasteiger partial charge in [-0.15, -0.1) is 0 Å². The third-order valence-corrected chi connectivity index (χ3v) is 2.99. The summed E-state index contributed by atoms with van der Waals surface area (Å²) in [7, 11) is 5.14. The van der Waals surface area contributed by atoms with Gasteiger partial charge in [0.15, 0.2) is 11.5 Å². The molecule has 2 aromatic rings. The molecule has 2 aromatic heterocycles. The van der Waals surface area contributed by atoms with E-state index < -0.39 is 0 Å². The van der Waals surface area contributed by atoms with Crippen molar-refractivity contribution in [1.82, 2.24) is 9.97 Å². The Morgan fingerprint density at radius 2 is 2.00 bits per heavy atom. The van der Waals surface area contributed by atoms with Crippen LogP contribution >= 0.6 is 0 Å². The van der Waals surface area contributed by atoms with Gasteiger partial charge < -0.3 is 20.1 Å². The van der Waals surface area contributed by atoms with Crippen molar-refractivity contribution in [3.8, 4) is 11.5 Å². The molecule has 0 aliphatic heterocycles. The summed E-state index contributed by atoms with van der Waals surface area (Å²) < 4.78 is 10.6. The maximum atomic E-state index is 5.92. The number of methoxy groups -OCH3 is 2. The van der Waals surface area contributed by atoms with Crippen LogP contribution in [-0.4, -0.2) is 31.2 Å². The molecule has 0 aliphatic carbocycles. The summed E-state index contributed by atoms with van der Waals surface area (Å²) in [6.45, 7) is 0.550. The van der Waals surface area contributed by atoms with Crippen molar-refractivity contribution in [2.75, 3.05) is 31.9 Å². The van der Waals surface area contributed by atoms with Crippen LogP contribution in [0, 0.1) is 0 Å². The first-order valence-electron chi connectivity index (χ1n) is 6.13. The van der Waals surface area contributed by atoms with Crippen molar-refractivity contribution in [3.63, 3.8) is 0 Å². The molecule has 0 bridgehead atoms. The monoisotopic (exact) mass is 274 g/mol. The van der Waals surface area contributed by atoms with Crippen LogP contribution in [0.1, 0.15) is 5.69 Å². The fourth-order valence-electron chi connectivity index (χ4n) is 2.02. The van der Waals surface area contributed by atoms with Gasteiger partial charge in [0.2, 0.25) is 0 Å². The van der Waals surface area contributed by atoms with E-state index in [1.54, 1.807) is 38.9 Å². The lowest BCUT2D eigenvalue weighted by Gasteiger charge is -2.21. The number of nitrogen functional groups attached to an aromatic ring is 1. The van der Waals surface area contributed by atoms with Crippen LogP contribution in [0.3, 0.4) is 0 Å². The highest BCUT2D eigenvalue weighted by molar-refractivity contribution is 5.65. The molecule has 106 valence electrons. The fraction of sp³-hybridized carbons (Fsp3) is 0.286. The van der Waals surface area contributed by atoms with Gasteiger partial charge in [0.25, 0.3) is 0 Å². The van der Waals surface area contributed by atoms with Crippen LogP contribution in [0.2, 0.25) is 0 Å². The van der Waals surface area contributed by atoms with E-state index in [2.05, 4.69) is 9.97 Å². The van der Waals surface area contributed by atoms with Crippen LogP contribution in [0.15, 0.2) is 30.7 Å². The Morgan fingerprint density at radius 1 is 1.20 bits per heavy atom. The number of ether oxygens (including phenoxy) is 2. The Bertz CT molecular complexity index is 589. The Balaban J connectivity index is 2.28. The molecule has 0 aromatic carbocycles. The zero-order chi connectivity index (χ0) is 14.5. The maximum Gasteiger partial charge on any atom is 0.184 e. The zero-order valence-corrected chi connectivity index (χ0v) is 11.8. The number of aromatic nitrogens is 2. The van der Waals surface area contributed by atoms with Crippen molar-refractivity contribution in [1.29, 1.82) is 0 Å². The molecule has 0 aliphatic rings. The second kappa shape index (κ2) is 6.10. The highest BCUT2D eigenvalue weighted by Gasteiger charge is 2.14. The highest BCUT2D eigenvalue weighted by atomic mass is 16.5. The number of hydrogen-bond donors (Lipinski definition) is 1. The van der Waals surface area contributed by atoms with E-state index in [9.17, 15) is 0 Å². The molecular weight excluding hydrogens is 256 g/mol. The summed E-state index contributed by atoms with van der Waals surface area (Å²) in [5, 5.41) is 0. The minimum Gasteiger partial charge on any atom is -0.493 e. The molecule has 0 unspecified atom stereocenters. The molecule has 20 heavy (non-hydrogen) atoms. The molecule has 0 saturated heterocycles. The van der Waals surface area contributed by atoms with Gasteiger partial charge in [-0.3, -0.25) is 9.97 Å². The molecule has 0 radical (unpaired) electrons. The van der Waals surface area contributed by atoms with Crippen LogP contribution < -0.4 is 20.1 Å². The topological polar surface area (TPSA) is 73.5 Å². The number of anilines is 2. The van der Waals surface area contributed by atoms with E-state index in [-0.39, 0.29) is 0 Å². The average molecular weight is 274 g/mol. The van der Waals surface area contributed by atoms with Crippen molar-refractivity contribution >= 4 is 11.4 Å². The van der Waals surface area contributed by atoms with E-state index in [1.807, 2.05) is 18.0 Å². The zero-order valence-electron chi connectivity index (χ0n) is 11.8. The fourth-order valence-corrected chi connectivity index (χ4v) is 2.02. The molecule has 0 amide bonds. The van der Waals surface area contributed by atoms with Crippen LogP contribution in [0.5, 0.6) is 11.5 Å². The quantitative estimate of drug-likeness (QED) is 0.894. The lowest BCUT2D eigenvalue weighted by Crippen LogP contribution is -2.19. The Kier molecular flexibility index (Phi) is 4.24. The average Bonchev–Trinajstić information content (AvgIpc) is 2.47. The third-order valence-electron chi connectivity index (χ3n) is 2.99. The third kappa shape index (κ3) is 2.74. The Hall–Kier alpha value is -2.50. The summed E-state index contributed by atoms with van der Waals surface area (Å²) in [6.07, 6.45) is 5.03. The molecular formula is C14H18N4O2. The SMILES string of the molecule is COc1ccnc(CN(C)c2ccncc2N)c1OC. The van der Waals surface area contributed by atoms with Crippen molar-refractivity contribution in [2.24, 2.45) is 0 Å². The van der Waals surface area contributed by atoms with E-state index in [0.717, 1.165) is 11.4 Å². The first-order valence-corrected chi connectivity index (χ1v) is 6.13.